The van der Waals surface area contributed by atoms with Gasteiger partial charge in [0.1, 0.15) is 11.9 Å². The Hall–Kier alpha value is -2.71. The molecule has 2 heterocycles. The molecule has 0 atom stereocenters. The Morgan fingerprint density at radius 2 is 2.24 bits per heavy atom. The van der Waals surface area contributed by atoms with E-state index in [0.29, 0.717) is 18.8 Å². The van der Waals surface area contributed by atoms with Gasteiger partial charge in [0.2, 0.25) is 5.91 Å². The summed E-state index contributed by atoms with van der Waals surface area (Å²) in [6, 6.07) is 1.82. The molecule has 0 saturated heterocycles. The Morgan fingerprint density at radius 3 is 2.81 bits per heavy atom. The van der Waals surface area contributed by atoms with Gasteiger partial charge in [-0.3, -0.25) is 24.3 Å². The second-order valence-electron chi connectivity index (χ2n) is 4.57. The minimum absolute atomic E-state index is 0.0368. The van der Waals surface area contributed by atoms with Crippen LogP contribution in [0.4, 0.5) is 5.69 Å². The van der Waals surface area contributed by atoms with Crippen molar-refractivity contribution in [3.63, 3.8) is 0 Å². The van der Waals surface area contributed by atoms with Crippen molar-refractivity contribution in [2.45, 2.75) is 26.4 Å². The molecule has 1 N–H and O–H groups in total. The Morgan fingerprint density at radius 1 is 1.48 bits per heavy atom. The van der Waals surface area contributed by atoms with E-state index in [1.807, 2.05) is 6.07 Å². The fraction of sp³-hybridized carbons (Fsp3) is 0.417. The molecule has 0 aliphatic rings. The molecular formula is C12H16N6O3. The molecule has 2 rings (SSSR count). The van der Waals surface area contributed by atoms with Crippen molar-refractivity contribution < 1.29 is 9.72 Å². The van der Waals surface area contributed by atoms with Crippen LogP contribution in [0.25, 0.3) is 0 Å². The maximum Gasteiger partial charge on any atom is 0.309 e. The lowest BCUT2D eigenvalue weighted by Crippen LogP contribution is -2.25. The van der Waals surface area contributed by atoms with E-state index in [9.17, 15) is 14.9 Å². The van der Waals surface area contributed by atoms with Crippen LogP contribution in [-0.2, 0) is 24.9 Å². The Bertz CT molecular complexity index is 660. The lowest BCUT2D eigenvalue weighted by Gasteiger charge is -2.06. The van der Waals surface area contributed by atoms with Crippen molar-refractivity contribution in [1.82, 2.24) is 24.9 Å². The van der Waals surface area contributed by atoms with Gasteiger partial charge in [-0.15, -0.1) is 0 Å². The fourth-order valence-corrected chi connectivity index (χ4v) is 1.90. The minimum Gasteiger partial charge on any atom is -0.350 e. The van der Waals surface area contributed by atoms with Gasteiger partial charge in [-0.2, -0.15) is 10.2 Å². The van der Waals surface area contributed by atoms with Crippen LogP contribution in [0.5, 0.6) is 0 Å². The van der Waals surface area contributed by atoms with Gasteiger partial charge in [0.15, 0.2) is 0 Å². The van der Waals surface area contributed by atoms with Crippen LogP contribution in [0.3, 0.4) is 0 Å². The van der Waals surface area contributed by atoms with E-state index in [0.717, 1.165) is 5.69 Å². The summed E-state index contributed by atoms with van der Waals surface area (Å²) in [6.07, 6.45) is 3.06. The first-order valence-corrected chi connectivity index (χ1v) is 6.39. The van der Waals surface area contributed by atoms with E-state index in [2.05, 4.69) is 15.5 Å². The molecule has 0 fully saturated rings. The quantitative estimate of drug-likeness (QED) is 0.617. The van der Waals surface area contributed by atoms with E-state index < -0.39 is 4.92 Å². The van der Waals surface area contributed by atoms with Crippen LogP contribution in [0.1, 0.15) is 17.8 Å². The van der Waals surface area contributed by atoms with Gasteiger partial charge in [0.05, 0.1) is 23.7 Å². The van der Waals surface area contributed by atoms with E-state index in [-0.39, 0.29) is 18.0 Å². The maximum atomic E-state index is 11.8. The number of rotatable bonds is 6. The smallest absolute Gasteiger partial charge is 0.309 e. The molecule has 0 aliphatic heterocycles. The van der Waals surface area contributed by atoms with Crippen molar-refractivity contribution in [2.24, 2.45) is 7.05 Å². The summed E-state index contributed by atoms with van der Waals surface area (Å²) >= 11 is 0. The average Bonchev–Trinajstić information content (AvgIpc) is 3.00. The van der Waals surface area contributed by atoms with E-state index in [4.69, 9.17) is 0 Å². The number of aryl methyl sites for hydroxylation is 2. The largest absolute Gasteiger partial charge is 0.350 e. The molecule has 21 heavy (non-hydrogen) atoms. The fourth-order valence-electron chi connectivity index (χ4n) is 1.90. The average molecular weight is 292 g/mol. The SMILES string of the molecule is Cc1c([N+](=O)[O-])cnn1CCC(=O)NCc1ccnn1C. The van der Waals surface area contributed by atoms with Gasteiger partial charge in [0.25, 0.3) is 0 Å². The summed E-state index contributed by atoms with van der Waals surface area (Å²) in [5, 5.41) is 21.4. The summed E-state index contributed by atoms with van der Waals surface area (Å²) in [7, 11) is 1.80. The van der Waals surface area contributed by atoms with Gasteiger partial charge in [-0.25, -0.2) is 0 Å². The second kappa shape index (κ2) is 6.16. The first-order chi connectivity index (χ1) is 9.99. The summed E-state index contributed by atoms with van der Waals surface area (Å²) in [5.74, 6) is -0.145. The summed E-state index contributed by atoms with van der Waals surface area (Å²) in [4.78, 5) is 22.0. The van der Waals surface area contributed by atoms with Crippen LogP contribution in [-0.4, -0.2) is 30.4 Å². The molecule has 0 aromatic carbocycles. The molecule has 0 unspecified atom stereocenters. The molecule has 0 aliphatic carbocycles. The van der Waals surface area contributed by atoms with Crippen molar-refractivity contribution in [1.29, 1.82) is 0 Å². The standard InChI is InChI=1S/C12H16N6O3/c1-9-11(18(20)21)8-15-17(9)6-4-12(19)13-7-10-3-5-14-16(10)2/h3,5,8H,4,6-7H2,1-2H3,(H,13,19). The van der Waals surface area contributed by atoms with Gasteiger partial charge in [-0.05, 0) is 13.0 Å². The van der Waals surface area contributed by atoms with Crippen molar-refractivity contribution >= 4 is 11.6 Å². The Kier molecular flexibility index (Phi) is 4.31. The van der Waals surface area contributed by atoms with Gasteiger partial charge >= 0.3 is 5.69 Å². The minimum atomic E-state index is -0.485. The molecule has 0 bridgehead atoms. The number of nitrogens with one attached hydrogen (secondary N) is 1. The topological polar surface area (TPSA) is 108 Å². The number of hydrogen-bond acceptors (Lipinski definition) is 5. The number of aromatic nitrogens is 4. The molecule has 0 saturated carbocycles. The number of carbonyl (C=O) groups is 1. The van der Waals surface area contributed by atoms with Crippen molar-refractivity contribution in [3.8, 4) is 0 Å². The van der Waals surface area contributed by atoms with E-state index in [1.54, 1.807) is 24.9 Å². The zero-order valence-corrected chi connectivity index (χ0v) is 11.8. The molecular weight excluding hydrogens is 276 g/mol. The van der Waals surface area contributed by atoms with Crippen LogP contribution in [0.2, 0.25) is 0 Å². The number of carbonyl (C=O) groups excluding carboxylic acids is 1. The highest BCUT2D eigenvalue weighted by atomic mass is 16.6. The van der Waals surface area contributed by atoms with Gasteiger partial charge < -0.3 is 5.32 Å². The Balaban J connectivity index is 1.84. The molecule has 0 spiro atoms. The lowest BCUT2D eigenvalue weighted by molar-refractivity contribution is -0.385. The summed E-state index contributed by atoms with van der Waals surface area (Å²) in [5.41, 5.74) is 1.30. The molecule has 9 heteroatoms. The molecule has 112 valence electrons. The summed E-state index contributed by atoms with van der Waals surface area (Å²) in [6.45, 7) is 2.31. The number of nitrogens with zero attached hydrogens (tertiary/aromatic N) is 5. The zero-order chi connectivity index (χ0) is 15.4. The highest BCUT2D eigenvalue weighted by Crippen LogP contribution is 2.16. The molecule has 0 radical (unpaired) electrons. The molecule has 2 aromatic rings. The van der Waals surface area contributed by atoms with Gasteiger partial charge in [-0.1, -0.05) is 0 Å². The predicted octanol–water partition coefficient (Wildman–Crippen LogP) is 0.540. The third kappa shape index (κ3) is 3.44. The lowest BCUT2D eigenvalue weighted by atomic mass is 10.3. The maximum absolute atomic E-state index is 11.8. The second-order valence-corrected chi connectivity index (χ2v) is 4.57. The van der Waals surface area contributed by atoms with Crippen LogP contribution < -0.4 is 5.32 Å². The van der Waals surface area contributed by atoms with Crippen LogP contribution in [0.15, 0.2) is 18.5 Å². The molecule has 1 amide bonds. The first kappa shape index (κ1) is 14.7. The highest BCUT2D eigenvalue weighted by Gasteiger charge is 2.16. The number of hydrogen-bond donors (Lipinski definition) is 1. The van der Waals surface area contributed by atoms with Gasteiger partial charge in [0, 0.05) is 19.7 Å². The molecule has 9 nitrogen and oxygen atoms in total. The van der Waals surface area contributed by atoms with Crippen LogP contribution in [0, 0.1) is 17.0 Å². The summed E-state index contributed by atoms with van der Waals surface area (Å²) < 4.78 is 3.14. The molecule has 2 aromatic heterocycles. The van der Waals surface area contributed by atoms with Crippen molar-refractivity contribution in [3.05, 3.63) is 40.0 Å². The Labute approximate surface area is 120 Å². The number of amides is 1. The third-order valence-corrected chi connectivity index (χ3v) is 3.21. The number of nitro groups is 1. The first-order valence-electron chi connectivity index (χ1n) is 6.39. The van der Waals surface area contributed by atoms with Crippen molar-refractivity contribution in [2.75, 3.05) is 0 Å². The zero-order valence-electron chi connectivity index (χ0n) is 11.8. The predicted molar refractivity (Wildman–Crippen MR) is 73.3 cm³/mol. The monoisotopic (exact) mass is 292 g/mol. The third-order valence-electron chi connectivity index (χ3n) is 3.21. The highest BCUT2D eigenvalue weighted by molar-refractivity contribution is 5.75. The van der Waals surface area contributed by atoms with Crippen LogP contribution >= 0.6 is 0 Å². The normalized spacial score (nSPS) is 10.6. The van der Waals surface area contributed by atoms with E-state index >= 15 is 0 Å². The van der Waals surface area contributed by atoms with E-state index in [1.165, 1.54) is 10.9 Å².